The van der Waals surface area contributed by atoms with Gasteiger partial charge in [-0.05, 0) is 6.08 Å². The summed E-state index contributed by atoms with van der Waals surface area (Å²) in [7, 11) is 0. The first kappa shape index (κ1) is 6.94. The molecule has 5 heteroatoms. The summed E-state index contributed by atoms with van der Waals surface area (Å²) in [5.74, 6) is -0.0231. The molecule has 0 aromatic heterocycles. The molecule has 3 aliphatic rings. The second-order valence-corrected chi connectivity index (χ2v) is 4.40. The molecule has 0 aromatic rings. The number of nitrogens with zero attached hydrogens (tertiary/aromatic N) is 1. The SMILES string of the molecule is O=C(O)C1=CCSC2CC3O[N+]132. The molecule has 0 aromatic carbocycles. The van der Waals surface area contributed by atoms with Crippen LogP contribution >= 0.6 is 11.8 Å². The van der Waals surface area contributed by atoms with Gasteiger partial charge >= 0.3 is 5.97 Å². The predicted molar refractivity (Wildman–Crippen MR) is 41.7 cm³/mol. The van der Waals surface area contributed by atoms with Gasteiger partial charge in [0, 0.05) is 5.75 Å². The van der Waals surface area contributed by atoms with Crippen LogP contribution in [0.4, 0.5) is 0 Å². The lowest BCUT2D eigenvalue weighted by atomic mass is 10.2. The molecule has 0 bridgehead atoms. The van der Waals surface area contributed by atoms with Crippen molar-refractivity contribution >= 4 is 17.7 Å². The third-order valence-corrected chi connectivity index (χ3v) is 3.92. The number of carboxylic acid groups (broad SMARTS) is 1. The van der Waals surface area contributed by atoms with E-state index in [9.17, 15) is 4.79 Å². The third-order valence-electron chi connectivity index (χ3n) is 2.67. The Bertz CT molecular complexity index is 303. The van der Waals surface area contributed by atoms with Gasteiger partial charge in [0.2, 0.25) is 0 Å². The van der Waals surface area contributed by atoms with Crippen LogP contribution in [-0.4, -0.2) is 33.1 Å². The van der Waals surface area contributed by atoms with Crippen LogP contribution in [0.15, 0.2) is 11.8 Å². The Kier molecular flexibility index (Phi) is 1.08. The Labute approximate surface area is 73.3 Å². The standard InChI is InChI=1S/C7H7NO3S/c9-7(10)4-1-2-12-6-3-5-8(4,6)11-5/h1,5-6H,2-3H2/p+1. The van der Waals surface area contributed by atoms with Gasteiger partial charge in [-0.3, -0.25) is 0 Å². The van der Waals surface area contributed by atoms with Gasteiger partial charge in [0.1, 0.15) is 6.42 Å². The third kappa shape index (κ3) is 0.573. The van der Waals surface area contributed by atoms with Crippen LogP contribution < -0.4 is 0 Å². The van der Waals surface area contributed by atoms with Crippen LogP contribution in [0.1, 0.15) is 6.42 Å². The highest BCUT2D eigenvalue weighted by Crippen LogP contribution is 2.60. The van der Waals surface area contributed by atoms with Crippen molar-refractivity contribution in [2.45, 2.75) is 18.0 Å². The van der Waals surface area contributed by atoms with Gasteiger partial charge in [-0.1, -0.05) is 16.4 Å². The quantitative estimate of drug-likeness (QED) is 0.479. The van der Waals surface area contributed by atoms with Crippen LogP contribution in [0.3, 0.4) is 0 Å². The molecule has 2 saturated heterocycles. The summed E-state index contributed by atoms with van der Waals surface area (Å²) in [4.78, 5) is 16.2. The van der Waals surface area contributed by atoms with Crippen molar-refractivity contribution in [2.75, 3.05) is 5.75 Å². The van der Waals surface area contributed by atoms with Crippen molar-refractivity contribution in [3.63, 3.8) is 0 Å². The molecule has 3 rings (SSSR count). The van der Waals surface area contributed by atoms with Crippen LogP contribution in [0.5, 0.6) is 0 Å². The van der Waals surface area contributed by atoms with Gasteiger partial charge < -0.3 is 5.11 Å². The summed E-state index contributed by atoms with van der Waals surface area (Å²) >= 11 is 1.78. The van der Waals surface area contributed by atoms with Crippen molar-refractivity contribution in [3.05, 3.63) is 11.8 Å². The summed E-state index contributed by atoms with van der Waals surface area (Å²) < 4.78 is 0.306. The van der Waals surface area contributed by atoms with E-state index >= 15 is 0 Å². The zero-order chi connectivity index (χ0) is 8.34. The topological polar surface area (TPSA) is 49.8 Å². The van der Waals surface area contributed by atoms with Crippen LogP contribution in [-0.2, 0) is 9.63 Å². The van der Waals surface area contributed by atoms with Gasteiger partial charge in [0.25, 0.3) is 11.9 Å². The molecule has 3 aliphatic heterocycles. The molecule has 64 valence electrons. The molecule has 1 N–H and O–H groups in total. The van der Waals surface area contributed by atoms with Gasteiger partial charge in [-0.25, -0.2) is 4.79 Å². The van der Waals surface area contributed by atoms with Crippen molar-refractivity contribution < 1.29 is 19.4 Å². The van der Waals surface area contributed by atoms with E-state index in [2.05, 4.69) is 0 Å². The second-order valence-electron chi connectivity index (χ2n) is 3.19. The summed E-state index contributed by atoms with van der Waals surface area (Å²) in [5, 5.41) is 9.23. The molecule has 3 unspecified atom stereocenters. The number of quaternary nitrogens is 1. The average molecular weight is 186 g/mol. The number of rotatable bonds is 1. The molecule has 0 radical (unpaired) electrons. The average Bonchev–Trinajstić information content (AvgIpc) is 2.60. The Morgan fingerprint density at radius 1 is 1.83 bits per heavy atom. The van der Waals surface area contributed by atoms with Crippen molar-refractivity contribution in [3.8, 4) is 0 Å². The fourth-order valence-electron chi connectivity index (χ4n) is 1.98. The second kappa shape index (κ2) is 1.86. The summed E-state index contributed by atoms with van der Waals surface area (Å²) in [5.41, 5.74) is 0.440. The summed E-state index contributed by atoms with van der Waals surface area (Å²) in [6.07, 6.45) is 2.93. The van der Waals surface area contributed by atoms with Crippen LogP contribution in [0, 0.1) is 0 Å². The number of aliphatic carboxylic acids is 1. The Hall–Kier alpha value is -0.520. The first-order valence-corrected chi connectivity index (χ1v) is 4.92. The first-order valence-electron chi connectivity index (χ1n) is 3.87. The highest BCUT2D eigenvalue weighted by molar-refractivity contribution is 7.99. The molecule has 0 saturated carbocycles. The Morgan fingerprint density at radius 2 is 2.67 bits per heavy atom. The molecule has 4 nitrogen and oxygen atoms in total. The minimum Gasteiger partial charge on any atom is -0.474 e. The number of hydrogen-bond donors (Lipinski definition) is 1. The molecule has 0 amide bonds. The van der Waals surface area contributed by atoms with Gasteiger partial charge in [0.05, 0.1) is 0 Å². The first-order chi connectivity index (χ1) is 5.75. The van der Waals surface area contributed by atoms with E-state index in [1.807, 2.05) is 0 Å². The van der Waals surface area contributed by atoms with E-state index in [1.54, 1.807) is 17.8 Å². The highest BCUT2D eigenvalue weighted by Gasteiger charge is 2.79. The monoisotopic (exact) mass is 186 g/mol. The van der Waals surface area contributed by atoms with Gasteiger partial charge in [-0.15, -0.1) is 4.84 Å². The normalized spacial score (nSPS) is 48.2. The molecule has 3 heterocycles. The zero-order valence-electron chi connectivity index (χ0n) is 6.27. The van der Waals surface area contributed by atoms with E-state index < -0.39 is 5.97 Å². The molecular formula is C7H8NO3S+. The number of hydrogen-bond acceptors (Lipinski definition) is 3. The summed E-state index contributed by atoms with van der Waals surface area (Å²) in [6, 6.07) is 0. The molecule has 3 atom stereocenters. The van der Waals surface area contributed by atoms with Crippen molar-refractivity contribution in [1.82, 2.24) is 0 Å². The smallest absolute Gasteiger partial charge is 0.393 e. The van der Waals surface area contributed by atoms with E-state index in [-0.39, 0.29) is 6.23 Å². The lowest BCUT2D eigenvalue weighted by molar-refractivity contribution is -0.916. The lowest BCUT2D eigenvalue weighted by Gasteiger charge is -2.31. The van der Waals surface area contributed by atoms with Gasteiger partial charge in [0.15, 0.2) is 5.37 Å². The highest BCUT2D eigenvalue weighted by atomic mass is 32.2. The Balaban J connectivity index is 2.01. The van der Waals surface area contributed by atoms with Crippen molar-refractivity contribution in [1.29, 1.82) is 0 Å². The fraction of sp³-hybridized carbons (Fsp3) is 0.571. The maximum Gasteiger partial charge on any atom is 0.393 e. The molecule has 2 fully saturated rings. The molecule has 0 aliphatic carbocycles. The van der Waals surface area contributed by atoms with Gasteiger partial charge in [-0.2, -0.15) is 0 Å². The van der Waals surface area contributed by atoms with E-state index in [0.29, 0.717) is 15.7 Å². The van der Waals surface area contributed by atoms with Crippen LogP contribution in [0.2, 0.25) is 0 Å². The largest absolute Gasteiger partial charge is 0.474 e. The minimum atomic E-state index is -0.831. The molecular weight excluding hydrogens is 178 g/mol. The van der Waals surface area contributed by atoms with Crippen LogP contribution in [0.25, 0.3) is 0 Å². The Morgan fingerprint density at radius 3 is 3.17 bits per heavy atom. The lowest BCUT2D eigenvalue weighted by Crippen LogP contribution is -2.50. The van der Waals surface area contributed by atoms with E-state index in [1.165, 1.54) is 0 Å². The number of carbonyl (C=O) groups is 1. The number of carboxylic acids is 1. The zero-order valence-corrected chi connectivity index (χ0v) is 7.08. The maximum atomic E-state index is 10.8. The summed E-state index contributed by atoms with van der Waals surface area (Å²) in [6.45, 7) is 0. The molecule has 12 heavy (non-hydrogen) atoms. The minimum absolute atomic E-state index is 0.158. The maximum absolute atomic E-state index is 10.8. The molecule has 1 spiro atoms. The van der Waals surface area contributed by atoms with E-state index in [0.717, 1.165) is 12.2 Å². The van der Waals surface area contributed by atoms with E-state index in [4.69, 9.17) is 9.94 Å². The number of hydroxylamine groups is 3. The predicted octanol–water partition coefficient (Wildman–Crippen LogP) is 0.520. The number of thioether (sulfide) groups is 1. The van der Waals surface area contributed by atoms with Crippen molar-refractivity contribution in [2.24, 2.45) is 0 Å². The fourth-order valence-corrected chi connectivity index (χ4v) is 3.28.